The number of hydrogen-bond acceptors (Lipinski definition) is 3. The van der Waals surface area contributed by atoms with Gasteiger partial charge in [0.15, 0.2) is 0 Å². The number of anilines is 1. The van der Waals surface area contributed by atoms with Crippen molar-refractivity contribution in [1.82, 2.24) is 10.2 Å². The second kappa shape index (κ2) is 3.79. The predicted molar refractivity (Wildman–Crippen MR) is 52.9 cm³/mol. The summed E-state index contributed by atoms with van der Waals surface area (Å²) in [5.41, 5.74) is 1.00. The van der Waals surface area contributed by atoms with Gasteiger partial charge in [-0.25, -0.2) is 0 Å². The maximum absolute atomic E-state index is 8.88. The zero-order valence-corrected chi connectivity index (χ0v) is 8.39. The molecule has 0 atom stereocenters. The van der Waals surface area contributed by atoms with Crippen LogP contribution in [0.1, 0.15) is 26.0 Å². The number of aromatic amines is 1. The monoisotopic (exact) mass is 183 g/mol. The third-order valence-corrected chi connectivity index (χ3v) is 2.30. The van der Waals surface area contributed by atoms with E-state index in [4.69, 9.17) is 5.11 Å². The molecule has 0 unspecified atom stereocenters. The summed E-state index contributed by atoms with van der Waals surface area (Å²) in [4.78, 5) is 0. The summed E-state index contributed by atoms with van der Waals surface area (Å²) in [6, 6.07) is 1.97. The van der Waals surface area contributed by atoms with Crippen LogP contribution >= 0.6 is 0 Å². The van der Waals surface area contributed by atoms with Crippen molar-refractivity contribution in [1.29, 1.82) is 0 Å². The largest absolute Gasteiger partial charge is 0.396 e. The number of H-pyrrole nitrogens is 1. The smallest absolute Gasteiger partial charge is 0.147 e. The fourth-order valence-electron chi connectivity index (χ4n) is 1.21. The van der Waals surface area contributed by atoms with Gasteiger partial charge in [0.2, 0.25) is 0 Å². The standard InChI is InChI=1S/C9H17N3O/c1-9(2,4-5-13)7-6-8(10-3)12-11-7/h6,13H,4-5H2,1-3H3,(H2,10,11,12). The van der Waals surface area contributed by atoms with Crippen molar-refractivity contribution in [2.45, 2.75) is 25.7 Å². The predicted octanol–water partition coefficient (Wildman–Crippen LogP) is 1.11. The first-order valence-electron chi connectivity index (χ1n) is 4.44. The molecule has 0 aliphatic heterocycles. The Labute approximate surface area is 78.4 Å². The summed E-state index contributed by atoms with van der Waals surface area (Å²) < 4.78 is 0. The van der Waals surface area contributed by atoms with Gasteiger partial charge in [-0.2, -0.15) is 5.10 Å². The van der Waals surface area contributed by atoms with E-state index in [0.29, 0.717) is 0 Å². The number of aromatic nitrogens is 2. The van der Waals surface area contributed by atoms with Gasteiger partial charge in [0.1, 0.15) is 5.82 Å². The minimum atomic E-state index is -0.0448. The molecule has 0 radical (unpaired) electrons. The Balaban J connectivity index is 2.80. The van der Waals surface area contributed by atoms with Gasteiger partial charge in [-0.05, 0) is 6.42 Å². The van der Waals surface area contributed by atoms with Gasteiger partial charge in [0.05, 0.1) is 0 Å². The minimum Gasteiger partial charge on any atom is -0.396 e. The minimum absolute atomic E-state index is 0.0448. The molecular weight excluding hydrogens is 166 g/mol. The first-order valence-corrected chi connectivity index (χ1v) is 4.44. The van der Waals surface area contributed by atoms with Gasteiger partial charge in [0.25, 0.3) is 0 Å². The first kappa shape index (κ1) is 10.1. The van der Waals surface area contributed by atoms with Crippen molar-refractivity contribution in [2.24, 2.45) is 0 Å². The molecule has 0 saturated heterocycles. The molecule has 0 aliphatic carbocycles. The Kier molecular flexibility index (Phi) is 2.93. The van der Waals surface area contributed by atoms with Crippen LogP contribution in [0.5, 0.6) is 0 Å². The molecule has 1 aromatic heterocycles. The van der Waals surface area contributed by atoms with Crippen LogP contribution in [-0.2, 0) is 5.41 Å². The second-order valence-electron chi connectivity index (χ2n) is 3.77. The van der Waals surface area contributed by atoms with Crippen LogP contribution in [0.2, 0.25) is 0 Å². The van der Waals surface area contributed by atoms with Crippen molar-refractivity contribution in [3.8, 4) is 0 Å². The van der Waals surface area contributed by atoms with E-state index < -0.39 is 0 Å². The molecule has 1 heterocycles. The molecule has 0 fully saturated rings. The van der Waals surface area contributed by atoms with Gasteiger partial charge < -0.3 is 10.4 Å². The van der Waals surface area contributed by atoms with E-state index in [1.807, 2.05) is 13.1 Å². The van der Waals surface area contributed by atoms with E-state index in [-0.39, 0.29) is 12.0 Å². The van der Waals surface area contributed by atoms with Crippen LogP contribution in [0.25, 0.3) is 0 Å². The maximum Gasteiger partial charge on any atom is 0.147 e. The Hall–Kier alpha value is -1.03. The summed E-state index contributed by atoms with van der Waals surface area (Å²) in [7, 11) is 1.83. The summed E-state index contributed by atoms with van der Waals surface area (Å²) in [5.74, 6) is 0.834. The van der Waals surface area contributed by atoms with Crippen LogP contribution in [-0.4, -0.2) is 29.0 Å². The highest BCUT2D eigenvalue weighted by Crippen LogP contribution is 2.26. The molecule has 0 aromatic carbocycles. The van der Waals surface area contributed by atoms with Crippen LogP contribution in [0.15, 0.2) is 6.07 Å². The number of nitrogens with zero attached hydrogens (tertiary/aromatic N) is 1. The Morgan fingerprint density at radius 1 is 1.62 bits per heavy atom. The number of nitrogens with one attached hydrogen (secondary N) is 2. The highest BCUT2D eigenvalue weighted by atomic mass is 16.3. The third kappa shape index (κ3) is 2.21. The fraction of sp³-hybridized carbons (Fsp3) is 0.667. The topological polar surface area (TPSA) is 60.9 Å². The Bertz CT molecular complexity index is 268. The SMILES string of the molecule is CNc1cc(C(C)(C)CCO)[nH]n1. The zero-order valence-electron chi connectivity index (χ0n) is 8.39. The lowest BCUT2D eigenvalue weighted by molar-refractivity contribution is 0.250. The summed E-state index contributed by atoms with van der Waals surface area (Å²) >= 11 is 0. The molecule has 0 spiro atoms. The Morgan fingerprint density at radius 2 is 2.31 bits per heavy atom. The average Bonchev–Trinajstić information content (AvgIpc) is 2.52. The van der Waals surface area contributed by atoms with Crippen LogP contribution < -0.4 is 5.32 Å². The summed E-state index contributed by atoms with van der Waals surface area (Å²) in [6.07, 6.45) is 0.734. The highest BCUT2D eigenvalue weighted by Gasteiger charge is 2.22. The lowest BCUT2D eigenvalue weighted by Crippen LogP contribution is -2.19. The van der Waals surface area contributed by atoms with Gasteiger partial charge >= 0.3 is 0 Å². The van der Waals surface area contributed by atoms with E-state index in [0.717, 1.165) is 17.9 Å². The molecule has 4 heteroatoms. The Morgan fingerprint density at radius 3 is 2.77 bits per heavy atom. The number of rotatable bonds is 4. The van der Waals surface area contributed by atoms with Crippen molar-refractivity contribution in [3.63, 3.8) is 0 Å². The van der Waals surface area contributed by atoms with E-state index in [2.05, 4.69) is 29.4 Å². The molecule has 0 bridgehead atoms. The van der Waals surface area contributed by atoms with Crippen molar-refractivity contribution < 1.29 is 5.11 Å². The molecular formula is C9H17N3O. The number of hydrogen-bond donors (Lipinski definition) is 3. The highest BCUT2D eigenvalue weighted by molar-refractivity contribution is 5.36. The lowest BCUT2D eigenvalue weighted by atomic mass is 9.86. The second-order valence-corrected chi connectivity index (χ2v) is 3.77. The van der Waals surface area contributed by atoms with Crippen molar-refractivity contribution in [3.05, 3.63) is 11.8 Å². The molecule has 0 saturated carbocycles. The number of aliphatic hydroxyl groups is 1. The molecule has 3 N–H and O–H groups in total. The quantitative estimate of drug-likeness (QED) is 0.655. The normalized spacial score (nSPS) is 11.7. The van der Waals surface area contributed by atoms with Gasteiger partial charge in [-0.3, -0.25) is 5.10 Å². The molecule has 1 aromatic rings. The van der Waals surface area contributed by atoms with Gasteiger partial charge in [-0.15, -0.1) is 0 Å². The van der Waals surface area contributed by atoms with Crippen molar-refractivity contribution >= 4 is 5.82 Å². The fourth-order valence-corrected chi connectivity index (χ4v) is 1.21. The van der Waals surface area contributed by atoms with Gasteiger partial charge in [0, 0.05) is 30.8 Å². The third-order valence-electron chi connectivity index (χ3n) is 2.30. The van der Waals surface area contributed by atoms with E-state index >= 15 is 0 Å². The van der Waals surface area contributed by atoms with Crippen molar-refractivity contribution in [2.75, 3.05) is 19.0 Å². The van der Waals surface area contributed by atoms with Crippen LogP contribution in [0.3, 0.4) is 0 Å². The van der Waals surface area contributed by atoms with E-state index in [1.165, 1.54) is 0 Å². The number of aliphatic hydroxyl groups excluding tert-OH is 1. The zero-order chi connectivity index (χ0) is 9.90. The van der Waals surface area contributed by atoms with E-state index in [9.17, 15) is 0 Å². The average molecular weight is 183 g/mol. The molecule has 0 aliphatic rings. The molecule has 4 nitrogen and oxygen atoms in total. The molecule has 13 heavy (non-hydrogen) atoms. The molecule has 74 valence electrons. The van der Waals surface area contributed by atoms with Gasteiger partial charge in [-0.1, -0.05) is 13.8 Å². The summed E-state index contributed by atoms with van der Waals surface area (Å²) in [5, 5.41) is 18.9. The first-order chi connectivity index (χ1) is 6.10. The van der Waals surface area contributed by atoms with E-state index in [1.54, 1.807) is 0 Å². The van der Waals surface area contributed by atoms with Crippen LogP contribution in [0, 0.1) is 0 Å². The molecule has 1 rings (SSSR count). The maximum atomic E-state index is 8.88. The summed E-state index contributed by atoms with van der Waals surface area (Å²) in [6.45, 7) is 4.35. The molecule has 0 amide bonds. The van der Waals surface area contributed by atoms with Crippen LogP contribution in [0.4, 0.5) is 5.82 Å². The lowest BCUT2D eigenvalue weighted by Gasteiger charge is -2.21.